The number of carbonyl (C=O) groups is 2. The van der Waals surface area contributed by atoms with Crippen molar-refractivity contribution in [1.29, 1.82) is 0 Å². The van der Waals surface area contributed by atoms with Crippen molar-refractivity contribution in [3.63, 3.8) is 0 Å². The van der Waals surface area contributed by atoms with Gasteiger partial charge in [0.25, 0.3) is 0 Å². The minimum absolute atomic E-state index is 0.137. The molecule has 2 heterocycles. The maximum absolute atomic E-state index is 11.5. The fourth-order valence-electron chi connectivity index (χ4n) is 1.94. The van der Waals surface area contributed by atoms with Crippen molar-refractivity contribution in [2.24, 2.45) is 0 Å². The summed E-state index contributed by atoms with van der Waals surface area (Å²) in [5.74, 6) is -1.15. The Morgan fingerprint density at radius 2 is 2.06 bits per heavy atom. The molecule has 0 fully saturated rings. The molecule has 0 spiro atoms. The molecule has 0 unspecified atom stereocenters. The van der Waals surface area contributed by atoms with Crippen LogP contribution in [-0.2, 0) is 0 Å². The third-order valence-electron chi connectivity index (χ3n) is 2.64. The monoisotopic (exact) mass is 217 g/mol. The van der Waals surface area contributed by atoms with Crippen LogP contribution in [0.1, 0.15) is 33.3 Å². The molecule has 1 N–H and O–H groups in total. The van der Waals surface area contributed by atoms with Gasteiger partial charge in [0.15, 0.2) is 5.78 Å². The van der Waals surface area contributed by atoms with Crippen LogP contribution < -0.4 is 0 Å². The molecule has 0 aromatic carbocycles. The van der Waals surface area contributed by atoms with Crippen LogP contribution in [0.2, 0.25) is 0 Å². The van der Waals surface area contributed by atoms with Gasteiger partial charge in [-0.2, -0.15) is 0 Å². The summed E-state index contributed by atoms with van der Waals surface area (Å²) in [6, 6.07) is 5.13. The molecule has 0 saturated heterocycles. The molecule has 0 bridgehead atoms. The summed E-state index contributed by atoms with van der Waals surface area (Å²) in [6.07, 6.45) is 1.75. The quantitative estimate of drug-likeness (QED) is 0.784. The zero-order valence-corrected chi connectivity index (χ0v) is 9.02. The molecule has 4 nitrogen and oxygen atoms in total. The van der Waals surface area contributed by atoms with Gasteiger partial charge in [0.2, 0.25) is 0 Å². The van der Waals surface area contributed by atoms with E-state index < -0.39 is 5.97 Å². The van der Waals surface area contributed by atoms with Gasteiger partial charge in [-0.05, 0) is 30.7 Å². The molecular weight excluding hydrogens is 206 g/mol. The van der Waals surface area contributed by atoms with Crippen LogP contribution in [0.25, 0.3) is 5.52 Å². The van der Waals surface area contributed by atoms with E-state index in [0.29, 0.717) is 16.8 Å². The second-order valence-corrected chi connectivity index (χ2v) is 3.70. The first-order valence-electron chi connectivity index (χ1n) is 4.87. The minimum Gasteiger partial charge on any atom is -0.478 e. The van der Waals surface area contributed by atoms with Crippen molar-refractivity contribution >= 4 is 17.3 Å². The van der Waals surface area contributed by atoms with E-state index in [0.717, 1.165) is 0 Å². The number of hydrogen-bond acceptors (Lipinski definition) is 2. The third kappa shape index (κ3) is 1.39. The first-order valence-corrected chi connectivity index (χ1v) is 4.87. The predicted molar refractivity (Wildman–Crippen MR) is 59.1 cm³/mol. The largest absolute Gasteiger partial charge is 0.478 e. The van der Waals surface area contributed by atoms with Crippen LogP contribution in [-0.4, -0.2) is 21.3 Å². The van der Waals surface area contributed by atoms with Crippen molar-refractivity contribution < 1.29 is 14.7 Å². The van der Waals surface area contributed by atoms with Crippen molar-refractivity contribution in [3.05, 3.63) is 41.2 Å². The summed E-state index contributed by atoms with van der Waals surface area (Å²) in [6.45, 7) is 3.09. The Kier molecular flexibility index (Phi) is 2.27. The summed E-state index contributed by atoms with van der Waals surface area (Å²) in [5.41, 5.74) is 1.83. The summed E-state index contributed by atoms with van der Waals surface area (Å²) in [7, 11) is 0. The van der Waals surface area contributed by atoms with Crippen molar-refractivity contribution in [2.75, 3.05) is 0 Å². The van der Waals surface area contributed by atoms with E-state index >= 15 is 0 Å². The lowest BCUT2D eigenvalue weighted by Gasteiger charge is -2.09. The van der Waals surface area contributed by atoms with Gasteiger partial charge in [0.05, 0.1) is 11.3 Å². The maximum atomic E-state index is 11.5. The summed E-state index contributed by atoms with van der Waals surface area (Å²) < 4.78 is 1.71. The molecular formula is C12H11NO3. The standard InChI is InChI=1S/C12H11NO3/c1-7-10(12(15)16)6-9-4-3-5-13(9)11(7)8(2)14/h3-6H,1-2H3,(H,15,16). The zero-order chi connectivity index (χ0) is 11.9. The predicted octanol–water partition coefficient (Wildman–Crippen LogP) is 2.15. The molecule has 0 aliphatic carbocycles. The number of nitrogens with zero attached hydrogens (tertiary/aromatic N) is 1. The Hall–Kier alpha value is -2.10. The fourth-order valence-corrected chi connectivity index (χ4v) is 1.94. The van der Waals surface area contributed by atoms with E-state index in [1.54, 1.807) is 35.7 Å². The number of aromatic nitrogens is 1. The van der Waals surface area contributed by atoms with Gasteiger partial charge in [0, 0.05) is 18.6 Å². The number of carbonyl (C=O) groups excluding carboxylic acids is 1. The molecule has 0 amide bonds. The lowest BCUT2D eigenvalue weighted by Crippen LogP contribution is -2.10. The van der Waals surface area contributed by atoms with E-state index in [2.05, 4.69) is 0 Å². The van der Waals surface area contributed by atoms with E-state index in [1.165, 1.54) is 6.92 Å². The number of carboxylic acid groups (broad SMARTS) is 1. The van der Waals surface area contributed by atoms with Gasteiger partial charge in [-0.1, -0.05) is 0 Å². The Labute approximate surface area is 92.1 Å². The maximum Gasteiger partial charge on any atom is 0.336 e. The van der Waals surface area contributed by atoms with E-state index in [4.69, 9.17) is 5.11 Å². The van der Waals surface area contributed by atoms with Crippen LogP contribution >= 0.6 is 0 Å². The van der Waals surface area contributed by atoms with Gasteiger partial charge in [-0.25, -0.2) is 4.79 Å². The van der Waals surface area contributed by atoms with Gasteiger partial charge in [-0.15, -0.1) is 0 Å². The lowest BCUT2D eigenvalue weighted by molar-refractivity contribution is 0.0696. The number of ketones is 1. The van der Waals surface area contributed by atoms with Gasteiger partial charge >= 0.3 is 5.97 Å². The number of pyridine rings is 1. The van der Waals surface area contributed by atoms with E-state index in [9.17, 15) is 9.59 Å². The fraction of sp³-hybridized carbons (Fsp3) is 0.167. The average Bonchev–Trinajstić information content (AvgIpc) is 2.62. The van der Waals surface area contributed by atoms with Crippen molar-refractivity contribution in [1.82, 2.24) is 4.40 Å². The second kappa shape index (κ2) is 3.48. The minimum atomic E-state index is -1.01. The van der Waals surface area contributed by atoms with Crippen molar-refractivity contribution in [2.45, 2.75) is 13.8 Å². The molecule has 4 heteroatoms. The van der Waals surface area contributed by atoms with Gasteiger partial charge in [0.1, 0.15) is 0 Å². The number of Topliss-reactive ketones (excluding diaryl/α,β-unsaturated/α-hetero) is 1. The van der Waals surface area contributed by atoms with Gasteiger partial charge in [-0.3, -0.25) is 4.79 Å². The number of fused-ring (bicyclic) bond motifs is 1. The van der Waals surface area contributed by atoms with Gasteiger partial charge < -0.3 is 9.51 Å². The van der Waals surface area contributed by atoms with E-state index in [1.807, 2.05) is 0 Å². The highest BCUT2D eigenvalue weighted by molar-refractivity contribution is 6.00. The molecule has 16 heavy (non-hydrogen) atoms. The van der Waals surface area contributed by atoms with Crippen LogP contribution in [0, 0.1) is 6.92 Å². The number of carboxylic acids is 1. The smallest absolute Gasteiger partial charge is 0.336 e. The molecule has 2 rings (SSSR count). The molecule has 82 valence electrons. The highest BCUT2D eigenvalue weighted by Gasteiger charge is 2.16. The topological polar surface area (TPSA) is 58.8 Å². The molecule has 0 aliphatic heterocycles. The van der Waals surface area contributed by atoms with Crippen LogP contribution in [0.15, 0.2) is 24.4 Å². The Bertz CT molecular complexity index is 596. The number of hydrogen-bond donors (Lipinski definition) is 1. The highest BCUT2D eigenvalue weighted by Crippen LogP contribution is 2.19. The second-order valence-electron chi connectivity index (χ2n) is 3.70. The van der Waals surface area contributed by atoms with Crippen LogP contribution in [0.3, 0.4) is 0 Å². The molecule has 2 aromatic heterocycles. The SMILES string of the molecule is CC(=O)c1c(C)c(C(=O)O)cc2cccn12. The number of aromatic carboxylic acids is 1. The summed E-state index contributed by atoms with van der Waals surface area (Å²) >= 11 is 0. The lowest BCUT2D eigenvalue weighted by atomic mass is 10.0. The molecule has 0 saturated carbocycles. The van der Waals surface area contributed by atoms with E-state index in [-0.39, 0.29) is 11.3 Å². The molecule has 0 aliphatic rings. The molecule has 2 aromatic rings. The Morgan fingerprint density at radius 3 is 2.62 bits per heavy atom. The average molecular weight is 217 g/mol. The normalized spacial score (nSPS) is 10.6. The first kappa shape index (κ1) is 10.4. The van der Waals surface area contributed by atoms with Crippen LogP contribution in [0.5, 0.6) is 0 Å². The zero-order valence-electron chi connectivity index (χ0n) is 9.02. The Morgan fingerprint density at radius 1 is 1.38 bits per heavy atom. The molecule has 0 radical (unpaired) electrons. The Balaban J connectivity index is 2.92. The summed E-state index contributed by atoms with van der Waals surface area (Å²) in [4.78, 5) is 22.6. The number of rotatable bonds is 2. The molecule has 0 atom stereocenters. The third-order valence-corrected chi connectivity index (χ3v) is 2.64. The van der Waals surface area contributed by atoms with Crippen LogP contribution in [0.4, 0.5) is 0 Å². The highest BCUT2D eigenvalue weighted by atomic mass is 16.4. The summed E-state index contributed by atoms with van der Waals surface area (Å²) in [5, 5.41) is 9.05. The first-order chi connectivity index (χ1) is 7.52. The van der Waals surface area contributed by atoms with Crippen molar-refractivity contribution in [3.8, 4) is 0 Å².